The second kappa shape index (κ2) is 14.6. The number of methoxy groups -OCH3 is 1. The van der Waals surface area contributed by atoms with E-state index >= 15 is 0 Å². The first-order chi connectivity index (χ1) is 16.8. The Labute approximate surface area is 208 Å². The van der Waals surface area contributed by atoms with Gasteiger partial charge in [0.1, 0.15) is 12.1 Å². The number of ether oxygens (including phenoxy) is 2. The summed E-state index contributed by atoms with van der Waals surface area (Å²) in [5.74, 6) is 0.237. The third kappa shape index (κ3) is 9.41. The van der Waals surface area contributed by atoms with E-state index in [9.17, 15) is 9.59 Å². The van der Waals surface area contributed by atoms with Gasteiger partial charge in [-0.3, -0.25) is 14.5 Å². The van der Waals surface area contributed by atoms with Gasteiger partial charge in [-0.2, -0.15) is 0 Å². The van der Waals surface area contributed by atoms with E-state index in [1.54, 1.807) is 0 Å². The Morgan fingerprint density at radius 3 is 2.63 bits per heavy atom. The molecule has 194 valence electrons. The van der Waals surface area contributed by atoms with E-state index in [1.165, 1.54) is 7.11 Å². The van der Waals surface area contributed by atoms with Gasteiger partial charge in [0, 0.05) is 13.1 Å². The summed E-state index contributed by atoms with van der Waals surface area (Å²) in [7, 11) is 1.32. The fourth-order valence-electron chi connectivity index (χ4n) is 3.90. The summed E-state index contributed by atoms with van der Waals surface area (Å²) in [4.78, 5) is 35.5. The molecule has 0 saturated carbocycles. The van der Waals surface area contributed by atoms with E-state index in [1.807, 2.05) is 44.2 Å². The number of hydrogen-bond acceptors (Lipinski definition) is 8. The molecule has 0 aromatic heterocycles. The Kier molecular flexibility index (Phi) is 11.9. The minimum absolute atomic E-state index is 0.116. The second-order valence-corrected chi connectivity index (χ2v) is 9.14. The molecule has 9 heteroatoms. The van der Waals surface area contributed by atoms with Crippen molar-refractivity contribution >= 4 is 23.7 Å². The van der Waals surface area contributed by atoms with Crippen LogP contribution in [0.3, 0.4) is 0 Å². The van der Waals surface area contributed by atoms with Crippen molar-refractivity contribution < 1.29 is 24.2 Å². The van der Waals surface area contributed by atoms with Gasteiger partial charge in [-0.1, -0.05) is 62.9 Å². The summed E-state index contributed by atoms with van der Waals surface area (Å²) in [5, 5.41) is 11.9. The van der Waals surface area contributed by atoms with Gasteiger partial charge in [0.15, 0.2) is 0 Å². The van der Waals surface area contributed by atoms with Crippen LogP contribution in [0.5, 0.6) is 0 Å². The quantitative estimate of drug-likeness (QED) is 0.290. The number of nitrogens with zero attached hydrogens (tertiary/aromatic N) is 3. The number of benzene rings is 1. The lowest BCUT2D eigenvalue weighted by atomic mass is 10.0. The summed E-state index contributed by atoms with van der Waals surface area (Å²) < 4.78 is 10.9. The number of aliphatic hydroxyl groups excluding tert-OH is 1. The van der Waals surface area contributed by atoms with Crippen LogP contribution in [-0.4, -0.2) is 78.6 Å². The fraction of sp³-hybridized carbons (Fsp3) is 0.615. The number of carbonyl (C=O) groups is 2. The van der Waals surface area contributed by atoms with Gasteiger partial charge in [-0.15, -0.1) is 0 Å². The smallest absolute Gasteiger partial charge is 0.327 e. The highest BCUT2D eigenvalue weighted by Gasteiger charge is 2.40. The highest BCUT2D eigenvalue weighted by molar-refractivity contribution is 6.04. The van der Waals surface area contributed by atoms with Crippen molar-refractivity contribution in [2.45, 2.75) is 71.0 Å². The largest absolute Gasteiger partial charge is 0.468 e. The molecule has 0 aliphatic carbocycles. The number of aliphatic hydroxyl groups is 1. The Hall–Kier alpha value is -2.78. The van der Waals surface area contributed by atoms with Crippen molar-refractivity contribution in [1.29, 1.82) is 0 Å². The van der Waals surface area contributed by atoms with E-state index in [-0.39, 0.29) is 38.2 Å². The fourth-order valence-corrected chi connectivity index (χ4v) is 3.90. The van der Waals surface area contributed by atoms with E-state index in [2.05, 4.69) is 22.1 Å². The topological polar surface area (TPSA) is 113 Å². The average molecular weight is 489 g/mol. The van der Waals surface area contributed by atoms with E-state index in [0.29, 0.717) is 18.3 Å². The molecule has 1 unspecified atom stereocenters. The summed E-state index contributed by atoms with van der Waals surface area (Å²) in [6, 6.07) is 9.70. The summed E-state index contributed by atoms with van der Waals surface area (Å²) >= 11 is 0. The van der Waals surface area contributed by atoms with Crippen molar-refractivity contribution in [1.82, 2.24) is 10.2 Å². The average Bonchev–Trinajstić information content (AvgIpc) is 3.15. The molecule has 0 fully saturated rings. The first-order valence-corrected chi connectivity index (χ1v) is 12.4. The van der Waals surface area contributed by atoms with E-state index in [0.717, 1.165) is 37.7 Å². The standard InChI is InChI=1S/C26H40N4O5/c1-5-6-7-11-14-21(24-29-26(2,3)25(35-24)28-17-23(33)34-4)30(19-22(32)27-15-16-31)18-20-12-9-8-10-13-20/h8-10,12-13,21,31H,5-7,11,14-19H2,1-4H3,(H,27,32). The summed E-state index contributed by atoms with van der Waals surface area (Å²) in [5.41, 5.74) is 0.334. The molecule has 0 saturated heterocycles. The summed E-state index contributed by atoms with van der Waals surface area (Å²) in [6.45, 7) is 6.55. The first-order valence-electron chi connectivity index (χ1n) is 12.4. The maximum atomic E-state index is 12.7. The summed E-state index contributed by atoms with van der Waals surface area (Å²) in [6.07, 6.45) is 5.05. The Balaban J connectivity index is 2.33. The van der Waals surface area contributed by atoms with Crippen LogP contribution in [0.25, 0.3) is 0 Å². The van der Waals surface area contributed by atoms with Crippen LogP contribution in [0.4, 0.5) is 0 Å². The van der Waals surface area contributed by atoms with Crippen LogP contribution in [-0.2, 0) is 25.6 Å². The molecule has 9 nitrogen and oxygen atoms in total. The number of nitrogens with one attached hydrogen (secondary N) is 1. The number of esters is 1. The van der Waals surface area contributed by atoms with Crippen LogP contribution in [0.1, 0.15) is 58.4 Å². The monoisotopic (exact) mass is 488 g/mol. The Morgan fingerprint density at radius 2 is 1.97 bits per heavy atom. The molecule has 2 N–H and O–H groups in total. The van der Waals surface area contributed by atoms with Crippen LogP contribution in [0.15, 0.2) is 40.3 Å². The number of amides is 1. The maximum Gasteiger partial charge on any atom is 0.327 e. The van der Waals surface area contributed by atoms with Gasteiger partial charge in [0.2, 0.25) is 17.7 Å². The number of rotatable bonds is 15. The zero-order valence-electron chi connectivity index (χ0n) is 21.5. The van der Waals surface area contributed by atoms with Crippen molar-refractivity contribution in [3.63, 3.8) is 0 Å². The third-order valence-electron chi connectivity index (χ3n) is 5.76. The van der Waals surface area contributed by atoms with Crippen molar-refractivity contribution in [3.8, 4) is 0 Å². The van der Waals surface area contributed by atoms with Crippen LogP contribution in [0, 0.1) is 0 Å². The number of hydrogen-bond donors (Lipinski definition) is 2. The van der Waals surface area contributed by atoms with Crippen molar-refractivity contribution in [3.05, 3.63) is 35.9 Å². The molecule has 1 atom stereocenters. The van der Waals surface area contributed by atoms with Crippen LogP contribution in [0.2, 0.25) is 0 Å². The van der Waals surface area contributed by atoms with E-state index in [4.69, 9.17) is 19.6 Å². The molecule has 1 amide bonds. The molecule has 1 heterocycles. The lowest BCUT2D eigenvalue weighted by Gasteiger charge is -2.30. The van der Waals surface area contributed by atoms with Crippen LogP contribution < -0.4 is 5.32 Å². The maximum absolute atomic E-state index is 12.7. The molecule has 35 heavy (non-hydrogen) atoms. The molecule has 0 radical (unpaired) electrons. The van der Waals surface area contributed by atoms with Gasteiger partial charge in [-0.25, -0.2) is 9.98 Å². The minimum Gasteiger partial charge on any atom is -0.468 e. The minimum atomic E-state index is -0.734. The molecule has 1 aromatic rings. The van der Waals surface area contributed by atoms with Gasteiger partial charge in [0.25, 0.3) is 0 Å². The lowest BCUT2D eigenvalue weighted by Crippen LogP contribution is -2.47. The SMILES string of the molecule is CCCCCCC(C1=NC(C)(C)C(=NCC(=O)OC)O1)N(CC(=O)NCCO)Cc1ccccc1. The lowest BCUT2D eigenvalue weighted by molar-refractivity contribution is -0.138. The molecule has 1 aliphatic rings. The Morgan fingerprint density at radius 1 is 1.23 bits per heavy atom. The van der Waals surface area contributed by atoms with Gasteiger partial charge in [0.05, 0.1) is 26.3 Å². The highest BCUT2D eigenvalue weighted by atomic mass is 16.5. The second-order valence-electron chi connectivity index (χ2n) is 9.14. The van der Waals surface area contributed by atoms with Crippen LogP contribution >= 0.6 is 0 Å². The highest BCUT2D eigenvalue weighted by Crippen LogP contribution is 2.26. The molecule has 1 aromatic carbocycles. The van der Waals surface area contributed by atoms with Crippen molar-refractivity contribution in [2.75, 3.05) is 33.4 Å². The number of unbranched alkanes of at least 4 members (excludes halogenated alkanes) is 3. The Bertz CT molecular complexity index is 870. The molecular weight excluding hydrogens is 448 g/mol. The molecule has 0 spiro atoms. The zero-order valence-corrected chi connectivity index (χ0v) is 21.5. The molecule has 1 aliphatic heterocycles. The predicted octanol–water partition coefficient (Wildman–Crippen LogP) is 2.71. The number of carbonyl (C=O) groups excluding carboxylic acids is 2. The zero-order chi connectivity index (χ0) is 25.7. The van der Waals surface area contributed by atoms with Gasteiger partial charge < -0.3 is 19.9 Å². The van der Waals surface area contributed by atoms with Gasteiger partial charge >= 0.3 is 5.97 Å². The van der Waals surface area contributed by atoms with Gasteiger partial charge in [-0.05, 0) is 25.8 Å². The number of aliphatic imine (C=N–C) groups is 2. The van der Waals surface area contributed by atoms with Crippen molar-refractivity contribution in [2.24, 2.45) is 9.98 Å². The molecular formula is C26H40N4O5. The normalized spacial score (nSPS) is 16.6. The molecule has 2 rings (SSSR count). The molecule has 0 bridgehead atoms. The predicted molar refractivity (Wildman–Crippen MR) is 136 cm³/mol. The van der Waals surface area contributed by atoms with E-state index < -0.39 is 11.5 Å². The third-order valence-corrected chi connectivity index (χ3v) is 5.76. The first kappa shape index (κ1) is 28.5.